The van der Waals surface area contributed by atoms with Crippen molar-refractivity contribution in [1.29, 1.82) is 0 Å². The van der Waals surface area contributed by atoms with Crippen molar-refractivity contribution >= 4 is 11.6 Å². The van der Waals surface area contributed by atoms with Crippen molar-refractivity contribution in [3.8, 4) is 28.8 Å². The SMILES string of the molecule is COc1cccc(-c2nc(Oc3ccccc3)c3cc(/C=C/CCO)cn3n2)c1. The molecule has 6 nitrogen and oxygen atoms in total. The number of nitrogens with zero attached hydrogens (tertiary/aromatic N) is 3. The molecule has 2 heterocycles. The lowest BCUT2D eigenvalue weighted by Gasteiger charge is -2.09. The van der Waals surface area contributed by atoms with E-state index in [2.05, 4.69) is 10.1 Å². The van der Waals surface area contributed by atoms with Crippen LogP contribution in [0, 0.1) is 0 Å². The molecule has 0 aliphatic heterocycles. The summed E-state index contributed by atoms with van der Waals surface area (Å²) in [5.41, 5.74) is 2.54. The largest absolute Gasteiger partial charge is 0.497 e. The predicted molar refractivity (Wildman–Crippen MR) is 112 cm³/mol. The molecule has 29 heavy (non-hydrogen) atoms. The molecule has 0 aliphatic carbocycles. The van der Waals surface area contributed by atoms with Crippen molar-refractivity contribution < 1.29 is 14.6 Å². The monoisotopic (exact) mass is 387 g/mol. The maximum atomic E-state index is 8.99. The molecule has 0 atom stereocenters. The van der Waals surface area contributed by atoms with Gasteiger partial charge in [-0.3, -0.25) is 0 Å². The van der Waals surface area contributed by atoms with E-state index in [1.807, 2.05) is 79.0 Å². The summed E-state index contributed by atoms with van der Waals surface area (Å²) in [7, 11) is 1.63. The molecule has 2 aromatic carbocycles. The number of hydrogen-bond acceptors (Lipinski definition) is 5. The number of rotatable bonds is 7. The molecule has 0 saturated heterocycles. The van der Waals surface area contributed by atoms with E-state index in [0.29, 0.717) is 23.9 Å². The van der Waals surface area contributed by atoms with Crippen LogP contribution in [0.4, 0.5) is 0 Å². The van der Waals surface area contributed by atoms with Crippen LogP contribution in [0.3, 0.4) is 0 Å². The standard InChI is InChI=1S/C23H21N3O3/c1-28-20-12-7-9-18(15-20)22-24-23(29-19-10-3-2-4-11-19)21-14-17(8-5-6-13-27)16-26(21)25-22/h2-5,7-12,14-16,27H,6,13H2,1H3/b8-5+. The molecule has 0 radical (unpaired) electrons. The molecule has 2 aromatic heterocycles. The summed E-state index contributed by atoms with van der Waals surface area (Å²) in [5.74, 6) is 2.43. The van der Waals surface area contributed by atoms with E-state index in [1.54, 1.807) is 11.6 Å². The first kappa shape index (κ1) is 18.7. The number of aliphatic hydroxyl groups excluding tert-OH is 1. The summed E-state index contributed by atoms with van der Waals surface area (Å²) in [6, 6.07) is 19.1. The van der Waals surface area contributed by atoms with Gasteiger partial charge in [-0.2, -0.15) is 4.98 Å². The molecular weight excluding hydrogens is 366 g/mol. The molecule has 4 rings (SSSR count). The summed E-state index contributed by atoms with van der Waals surface area (Å²) >= 11 is 0. The Balaban J connectivity index is 1.82. The highest BCUT2D eigenvalue weighted by molar-refractivity contribution is 5.68. The molecule has 146 valence electrons. The van der Waals surface area contributed by atoms with Crippen LogP contribution in [0.1, 0.15) is 12.0 Å². The summed E-state index contributed by atoms with van der Waals surface area (Å²) in [5, 5.41) is 13.6. The highest BCUT2D eigenvalue weighted by atomic mass is 16.5. The second-order valence-corrected chi connectivity index (χ2v) is 6.41. The number of methoxy groups -OCH3 is 1. The van der Waals surface area contributed by atoms with E-state index in [-0.39, 0.29) is 6.61 Å². The Kier molecular flexibility index (Phi) is 5.54. The van der Waals surface area contributed by atoms with Gasteiger partial charge in [0.15, 0.2) is 5.82 Å². The predicted octanol–water partition coefficient (Wildman–Crippen LogP) is 4.59. The first-order valence-corrected chi connectivity index (χ1v) is 9.32. The van der Waals surface area contributed by atoms with Gasteiger partial charge < -0.3 is 14.6 Å². The van der Waals surface area contributed by atoms with Gasteiger partial charge in [-0.25, -0.2) is 4.52 Å². The summed E-state index contributed by atoms with van der Waals surface area (Å²) in [6.07, 6.45) is 6.37. The van der Waals surface area contributed by atoms with Crippen molar-refractivity contribution in [3.05, 3.63) is 78.5 Å². The number of para-hydroxylation sites is 1. The lowest BCUT2D eigenvalue weighted by molar-refractivity contribution is 0.303. The van der Waals surface area contributed by atoms with Gasteiger partial charge in [-0.1, -0.05) is 42.5 Å². The minimum atomic E-state index is 0.117. The van der Waals surface area contributed by atoms with Crippen molar-refractivity contribution in [3.63, 3.8) is 0 Å². The molecule has 0 unspecified atom stereocenters. The number of aromatic nitrogens is 3. The average Bonchev–Trinajstić information content (AvgIpc) is 3.18. The van der Waals surface area contributed by atoms with Crippen LogP contribution in [0.15, 0.2) is 72.9 Å². The number of fused-ring (bicyclic) bond motifs is 1. The van der Waals surface area contributed by atoms with Crippen LogP contribution in [-0.4, -0.2) is 33.4 Å². The number of aliphatic hydroxyl groups is 1. The smallest absolute Gasteiger partial charge is 0.247 e. The van der Waals surface area contributed by atoms with E-state index < -0.39 is 0 Å². The molecule has 0 saturated carbocycles. The molecule has 6 heteroatoms. The van der Waals surface area contributed by atoms with E-state index in [1.165, 1.54) is 0 Å². The normalized spacial score (nSPS) is 11.2. The third-order valence-corrected chi connectivity index (χ3v) is 4.34. The minimum absolute atomic E-state index is 0.117. The van der Waals surface area contributed by atoms with Gasteiger partial charge in [0.2, 0.25) is 5.88 Å². The number of hydrogen-bond donors (Lipinski definition) is 1. The second-order valence-electron chi connectivity index (χ2n) is 6.41. The van der Waals surface area contributed by atoms with Crippen molar-refractivity contribution in [2.45, 2.75) is 6.42 Å². The average molecular weight is 387 g/mol. The van der Waals surface area contributed by atoms with Gasteiger partial charge in [0.05, 0.1) is 7.11 Å². The third kappa shape index (κ3) is 4.28. The Morgan fingerprint density at radius 3 is 2.66 bits per heavy atom. The van der Waals surface area contributed by atoms with Crippen molar-refractivity contribution in [2.75, 3.05) is 13.7 Å². The molecule has 1 N–H and O–H groups in total. The maximum Gasteiger partial charge on any atom is 0.247 e. The fourth-order valence-corrected chi connectivity index (χ4v) is 2.94. The van der Waals surface area contributed by atoms with Crippen molar-refractivity contribution in [1.82, 2.24) is 14.6 Å². The fourth-order valence-electron chi connectivity index (χ4n) is 2.94. The van der Waals surface area contributed by atoms with Gasteiger partial charge >= 0.3 is 0 Å². The minimum Gasteiger partial charge on any atom is -0.497 e. The third-order valence-electron chi connectivity index (χ3n) is 4.34. The summed E-state index contributed by atoms with van der Waals surface area (Å²) in [4.78, 5) is 4.68. The van der Waals surface area contributed by atoms with E-state index >= 15 is 0 Å². The topological polar surface area (TPSA) is 68.9 Å². The van der Waals surface area contributed by atoms with Crippen LogP contribution in [0.5, 0.6) is 17.4 Å². The lowest BCUT2D eigenvalue weighted by atomic mass is 10.2. The van der Waals surface area contributed by atoms with Crippen LogP contribution < -0.4 is 9.47 Å². The zero-order valence-electron chi connectivity index (χ0n) is 16.0. The first-order valence-electron chi connectivity index (χ1n) is 9.32. The van der Waals surface area contributed by atoms with Crippen molar-refractivity contribution in [2.24, 2.45) is 0 Å². The van der Waals surface area contributed by atoms with E-state index in [4.69, 9.17) is 14.6 Å². The zero-order chi connectivity index (χ0) is 20.1. The Morgan fingerprint density at radius 2 is 1.86 bits per heavy atom. The van der Waals surface area contributed by atoms with Crippen LogP contribution in [-0.2, 0) is 0 Å². The molecule has 4 aromatic rings. The van der Waals surface area contributed by atoms with Gasteiger partial charge in [-0.15, -0.1) is 5.10 Å². The maximum absolute atomic E-state index is 8.99. The Labute approximate surface area is 168 Å². The van der Waals surface area contributed by atoms with Gasteiger partial charge in [-0.05, 0) is 42.3 Å². The summed E-state index contributed by atoms with van der Waals surface area (Å²) in [6.45, 7) is 0.117. The number of benzene rings is 2. The van der Waals surface area contributed by atoms with Gasteiger partial charge in [0.1, 0.15) is 17.0 Å². The Morgan fingerprint density at radius 1 is 1.03 bits per heavy atom. The highest BCUT2D eigenvalue weighted by Gasteiger charge is 2.13. The molecule has 0 bridgehead atoms. The second kappa shape index (κ2) is 8.58. The highest BCUT2D eigenvalue weighted by Crippen LogP contribution is 2.29. The zero-order valence-corrected chi connectivity index (χ0v) is 16.0. The van der Waals surface area contributed by atoms with E-state index in [0.717, 1.165) is 22.4 Å². The quantitative estimate of drug-likeness (QED) is 0.502. The van der Waals surface area contributed by atoms with Crippen LogP contribution in [0.2, 0.25) is 0 Å². The molecule has 0 amide bonds. The fraction of sp³-hybridized carbons (Fsp3) is 0.130. The molecule has 0 fully saturated rings. The summed E-state index contributed by atoms with van der Waals surface area (Å²) < 4.78 is 13.2. The molecule has 0 spiro atoms. The molecule has 0 aliphatic rings. The lowest BCUT2D eigenvalue weighted by Crippen LogP contribution is -2.00. The first-order chi connectivity index (χ1) is 14.3. The van der Waals surface area contributed by atoms with Crippen LogP contribution in [0.25, 0.3) is 23.0 Å². The van der Waals surface area contributed by atoms with Gasteiger partial charge in [0, 0.05) is 18.4 Å². The number of ether oxygens (including phenoxy) is 2. The van der Waals surface area contributed by atoms with Gasteiger partial charge in [0.25, 0.3) is 0 Å². The van der Waals surface area contributed by atoms with E-state index in [9.17, 15) is 0 Å². The Bertz CT molecular complexity index is 1140. The Hall–Kier alpha value is -3.64. The van der Waals surface area contributed by atoms with Crippen LogP contribution >= 0.6 is 0 Å². The molecular formula is C23H21N3O3.